The lowest BCUT2D eigenvalue weighted by atomic mass is 10.0. The minimum Gasteiger partial charge on any atom is -0.462 e. The van der Waals surface area contributed by atoms with Gasteiger partial charge >= 0.3 is 17.9 Å². The van der Waals surface area contributed by atoms with Crippen LogP contribution < -0.4 is 0 Å². The number of hydrogen-bond donors (Lipinski definition) is 0. The van der Waals surface area contributed by atoms with Gasteiger partial charge in [-0.1, -0.05) is 262 Å². The molecule has 0 aromatic rings. The molecule has 1 unspecified atom stereocenters. The summed E-state index contributed by atoms with van der Waals surface area (Å²) >= 11 is 0. The maximum Gasteiger partial charge on any atom is 0.306 e. The zero-order chi connectivity index (χ0) is 57.1. The first-order chi connectivity index (χ1) is 39.0. The van der Waals surface area contributed by atoms with E-state index in [1.165, 1.54) is 57.8 Å². The van der Waals surface area contributed by atoms with Crippen LogP contribution in [0.3, 0.4) is 0 Å². The molecule has 6 heteroatoms. The average molecular weight is 1090 g/mol. The van der Waals surface area contributed by atoms with E-state index in [-0.39, 0.29) is 31.1 Å². The van der Waals surface area contributed by atoms with Gasteiger partial charge in [0, 0.05) is 19.3 Å². The molecule has 79 heavy (non-hydrogen) atoms. The topological polar surface area (TPSA) is 78.9 Å². The van der Waals surface area contributed by atoms with E-state index in [4.69, 9.17) is 14.2 Å². The Balaban J connectivity index is 4.27. The van der Waals surface area contributed by atoms with Crippen molar-refractivity contribution in [1.29, 1.82) is 0 Å². The molecule has 0 bridgehead atoms. The summed E-state index contributed by atoms with van der Waals surface area (Å²) in [7, 11) is 0. The number of carbonyl (C=O) groups excluding carboxylic acids is 3. The Hall–Kier alpha value is -4.97. The van der Waals surface area contributed by atoms with E-state index in [2.05, 4.69) is 179 Å². The van der Waals surface area contributed by atoms with Gasteiger partial charge in [0.2, 0.25) is 0 Å². The number of carbonyl (C=O) groups is 3. The molecule has 0 N–H and O–H groups in total. The molecular formula is C73H116O6. The van der Waals surface area contributed by atoms with Crippen molar-refractivity contribution in [1.82, 2.24) is 0 Å². The third-order valence-corrected chi connectivity index (χ3v) is 13.0. The molecule has 444 valence electrons. The first-order valence-corrected chi connectivity index (χ1v) is 32.0. The Morgan fingerprint density at radius 1 is 0.253 bits per heavy atom. The predicted octanol–water partition coefficient (Wildman–Crippen LogP) is 22.1. The second-order valence-electron chi connectivity index (χ2n) is 20.5. The van der Waals surface area contributed by atoms with Crippen molar-refractivity contribution < 1.29 is 28.6 Å². The van der Waals surface area contributed by atoms with Gasteiger partial charge in [0.15, 0.2) is 6.10 Å². The lowest BCUT2D eigenvalue weighted by molar-refractivity contribution is -0.167. The van der Waals surface area contributed by atoms with Gasteiger partial charge in [0.25, 0.3) is 0 Å². The summed E-state index contributed by atoms with van der Waals surface area (Å²) in [5, 5.41) is 0. The van der Waals surface area contributed by atoms with E-state index in [0.717, 1.165) is 167 Å². The molecule has 0 fully saturated rings. The molecule has 0 aliphatic rings. The Kier molecular flexibility index (Phi) is 61.4. The summed E-state index contributed by atoms with van der Waals surface area (Å²) < 4.78 is 16.8. The molecule has 0 amide bonds. The van der Waals surface area contributed by atoms with Crippen LogP contribution in [-0.4, -0.2) is 37.2 Å². The normalized spacial score (nSPS) is 13.2. The maximum absolute atomic E-state index is 12.9. The summed E-state index contributed by atoms with van der Waals surface area (Å²) in [4.78, 5) is 38.2. The maximum atomic E-state index is 12.9. The van der Waals surface area contributed by atoms with Crippen molar-refractivity contribution in [3.63, 3.8) is 0 Å². The highest BCUT2D eigenvalue weighted by atomic mass is 16.6. The first kappa shape index (κ1) is 74.0. The molecule has 0 saturated heterocycles. The van der Waals surface area contributed by atoms with Crippen LogP contribution in [0.1, 0.15) is 265 Å². The van der Waals surface area contributed by atoms with E-state index in [9.17, 15) is 14.4 Å². The third kappa shape index (κ3) is 63.7. The number of unbranched alkanes of at least 4 members (excludes halogenated alkanes) is 19. The molecular weight excluding hydrogens is 973 g/mol. The Morgan fingerprint density at radius 3 is 0.722 bits per heavy atom. The first-order valence-electron chi connectivity index (χ1n) is 32.0. The van der Waals surface area contributed by atoms with Gasteiger partial charge < -0.3 is 14.2 Å². The van der Waals surface area contributed by atoms with Crippen molar-refractivity contribution in [3.8, 4) is 0 Å². The van der Waals surface area contributed by atoms with Gasteiger partial charge in [-0.05, 0) is 141 Å². The minimum atomic E-state index is -0.807. The van der Waals surface area contributed by atoms with Crippen molar-refractivity contribution in [2.75, 3.05) is 13.2 Å². The molecule has 1 atom stereocenters. The van der Waals surface area contributed by atoms with Crippen molar-refractivity contribution in [2.45, 2.75) is 271 Å². The van der Waals surface area contributed by atoms with Gasteiger partial charge in [0.05, 0.1) is 0 Å². The van der Waals surface area contributed by atoms with E-state index in [0.29, 0.717) is 19.3 Å². The standard InChI is InChI=1S/C73H116O6/c1-4-7-10-13-16-19-22-25-27-28-29-30-31-32-33-34-35-36-37-38-39-40-41-42-43-44-46-48-51-54-57-60-63-66-72(75)78-69-70(68-77-71(74)65-62-59-56-53-50-47-24-21-18-15-12-9-6-3)79-73(76)67-64-61-58-55-52-49-45-26-23-20-17-14-11-8-5-2/h7-12,16-21,25-27,29-30,32-33,35-36,38-39,45,47,50,70H,4-6,13-15,22-24,28,31,34,37,40-44,46,48-49,51-69H2,1-3H3/b10-7-,11-8-,12-9-,19-16-,20-17-,21-18-,27-25-,30-29-,33-32-,36-35-,39-38-,45-26-,50-47-. The van der Waals surface area contributed by atoms with E-state index in [1.54, 1.807) is 0 Å². The molecule has 0 saturated carbocycles. The van der Waals surface area contributed by atoms with Crippen LogP contribution in [0.5, 0.6) is 0 Å². The average Bonchev–Trinajstić information content (AvgIpc) is 3.45. The number of rotatable bonds is 56. The van der Waals surface area contributed by atoms with Crippen LogP contribution >= 0.6 is 0 Å². The van der Waals surface area contributed by atoms with Crippen LogP contribution in [0.4, 0.5) is 0 Å². The monoisotopic (exact) mass is 1090 g/mol. The Bertz CT molecular complexity index is 1780. The van der Waals surface area contributed by atoms with Crippen molar-refractivity contribution in [3.05, 3.63) is 158 Å². The quantitative estimate of drug-likeness (QED) is 0.0261. The zero-order valence-corrected chi connectivity index (χ0v) is 50.8. The summed E-state index contributed by atoms with van der Waals surface area (Å²) in [5.41, 5.74) is 0. The van der Waals surface area contributed by atoms with Gasteiger partial charge in [0.1, 0.15) is 13.2 Å². The lowest BCUT2D eigenvalue weighted by Gasteiger charge is -2.18. The van der Waals surface area contributed by atoms with Crippen LogP contribution in [-0.2, 0) is 28.6 Å². The van der Waals surface area contributed by atoms with Gasteiger partial charge in [-0.2, -0.15) is 0 Å². The van der Waals surface area contributed by atoms with Gasteiger partial charge in [-0.3, -0.25) is 14.4 Å². The highest BCUT2D eigenvalue weighted by molar-refractivity contribution is 5.71. The van der Waals surface area contributed by atoms with Gasteiger partial charge in [-0.15, -0.1) is 0 Å². The van der Waals surface area contributed by atoms with Crippen molar-refractivity contribution in [2.24, 2.45) is 0 Å². The summed E-state index contributed by atoms with van der Waals surface area (Å²) in [6, 6.07) is 0. The van der Waals surface area contributed by atoms with E-state index < -0.39 is 6.10 Å². The molecule has 0 heterocycles. The predicted molar refractivity (Wildman–Crippen MR) is 343 cm³/mol. The van der Waals surface area contributed by atoms with Crippen LogP contribution in [0.2, 0.25) is 0 Å². The molecule has 0 aliphatic heterocycles. The summed E-state index contributed by atoms with van der Waals surface area (Å²) in [6.45, 7) is 6.25. The van der Waals surface area contributed by atoms with Crippen LogP contribution in [0, 0.1) is 0 Å². The van der Waals surface area contributed by atoms with Crippen LogP contribution in [0.15, 0.2) is 158 Å². The Labute approximate surface area is 486 Å². The highest BCUT2D eigenvalue weighted by Crippen LogP contribution is 2.15. The molecule has 0 radical (unpaired) electrons. The molecule has 0 rings (SSSR count). The molecule has 6 nitrogen and oxygen atoms in total. The van der Waals surface area contributed by atoms with Gasteiger partial charge in [-0.25, -0.2) is 0 Å². The number of allylic oxidation sites excluding steroid dienone is 26. The second-order valence-corrected chi connectivity index (χ2v) is 20.5. The fourth-order valence-electron chi connectivity index (χ4n) is 8.33. The lowest BCUT2D eigenvalue weighted by Crippen LogP contribution is -2.30. The third-order valence-electron chi connectivity index (χ3n) is 13.0. The molecule has 0 aliphatic carbocycles. The largest absolute Gasteiger partial charge is 0.462 e. The fourth-order valence-corrected chi connectivity index (χ4v) is 8.33. The zero-order valence-electron chi connectivity index (χ0n) is 50.8. The highest BCUT2D eigenvalue weighted by Gasteiger charge is 2.19. The van der Waals surface area contributed by atoms with E-state index in [1.807, 2.05) is 0 Å². The van der Waals surface area contributed by atoms with E-state index >= 15 is 0 Å². The Morgan fingerprint density at radius 2 is 0.456 bits per heavy atom. The number of hydrogen-bond acceptors (Lipinski definition) is 6. The number of esters is 3. The smallest absolute Gasteiger partial charge is 0.306 e. The SMILES string of the molecule is CC/C=C\C/C=C\C/C=C\C/C=C\C/C=C\C/C=C\C/C=C\CCCCCCCCCCCCCC(=O)OCC(COC(=O)CCCCC/C=C\C/C=C\C/C=C\CC)OC(=O)CCCCCCC/C=C\C/C=C\C/C=C\CC. The molecule has 0 aromatic carbocycles. The summed E-state index contributed by atoms with van der Waals surface area (Å²) in [5.74, 6) is -0.955. The second kappa shape index (κ2) is 65.5. The van der Waals surface area contributed by atoms with Crippen LogP contribution in [0.25, 0.3) is 0 Å². The minimum absolute atomic E-state index is 0.101. The molecule has 0 spiro atoms. The fraction of sp³-hybridized carbons (Fsp3) is 0.603. The number of ether oxygens (including phenoxy) is 3. The molecule has 0 aromatic heterocycles. The summed E-state index contributed by atoms with van der Waals surface area (Å²) in [6.07, 6.45) is 95.5. The van der Waals surface area contributed by atoms with Crippen molar-refractivity contribution >= 4 is 17.9 Å².